The van der Waals surface area contributed by atoms with Crippen LogP contribution in [-0.2, 0) is 6.54 Å². The Morgan fingerprint density at radius 1 is 1.14 bits per heavy atom. The fourth-order valence-electron chi connectivity index (χ4n) is 2.07. The smallest absolute Gasteiger partial charge is 0.138 e. The van der Waals surface area contributed by atoms with Crippen molar-refractivity contribution in [3.63, 3.8) is 0 Å². The first-order chi connectivity index (χ1) is 10.2. The van der Waals surface area contributed by atoms with Crippen LogP contribution in [0, 0.1) is 6.92 Å². The van der Waals surface area contributed by atoms with Crippen LogP contribution in [0.25, 0.3) is 5.69 Å². The molecule has 0 bridgehead atoms. The Labute approximate surface area is 132 Å². The highest BCUT2D eigenvalue weighted by atomic mass is 79.9. The molecule has 1 aromatic heterocycles. The van der Waals surface area contributed by atoms with Crippen molar-refractivity contribution >= 4 is 21.6 Å². The zero-order valence-corrected chi connectivity index (χ0v) is 13.2. The van der Waals surface area contributed by atoms with E-state index >= 15 is 0 Å². The zero-order valence-electron chi connectivity index (χ0n) is 11.6. The first-order valence-electron chi connectivity index (χ1n) is 6.66. The quantitative estimate of drug-likeness (QED) is 0.780. The van der Waals surface area contributed by atoms with Crippen molar-refractivity contribution in [3.8, 4) is 5.69 Å². The van der Waals surface area contributed by atoms with Crippen LogP contribution in [0.3, 0.4) is 0 Å². The maximum atomic E-state index is 4.11. The van der Waals surface area contributed by atoms with Gasteiger partial charge in [-0.15, -0.1) is 0 Å². The third-order valence-electron chi connectivity index (χ3n) is 3.27. The van der Waals surface area contributed by atoms with E-state index < -0.39 is 0 Å². The van der Waals surface area contributed by atoms with E-state index in [-0.39, 0.29) is 0 Å². The third-order valence-corrected chi connectivity index (χ3v) is 4.16. The summed E-state index contributed by atoms with van der Waals surface area (Å²) in [6, 6.07) is 14.5. The first-order valence-corrected chi connectivity index (χ1v) is 7.45. The number of aryl methyl sites for hydroxylation is 1. The highest BCUT2D eigenvalue weighted by molar-refractivity contribution is 9.10. The van der Waals surface area contributed by atoms with E-state index in [4.69, 9.17) is 0 Å². The lowest BCUT2D eigenvalue weighted by Crippen LogP contribution is -2.00. The Bertz CT molecular complexity index is 721. The van der Waals surface area contributed by atoms with Gasteiger partial charge in [0.25, 0.3) is 0 Å². The van der Waals surface area contributed by atoms with Crippen LogP contribution < -0.4 is 5.32 Å². The number of hydrogen-bond donors (Lipinski definition) is 1. The molecule has 3 aromatic rings. The number of benzene rings is 2. The highest BCUT2D eigenvalue weighted by Gasteiger charge is 2.00. The van der Waals surface area contributed by atoms with Crippen molar-refractivity contribution in [2.45, 2.75) is 13.5 Å². The van der Waals surface area contributed by atoms with E-state index in [0.717, 1.165) is 22.4 Å². The highest BCUT2D eigenvalue weighted by Crippen LogP contribution is 2.20. The summed E-state index contributed by atoms with van der Waals surface area (Å²) < 4.78 is 2.88. The zero-order chi connectivity index (χ0) is 14.7. The minimum atomic E-state index is 0.790. The summed E-state index contributed by atoms with van der Waals surface area (Å²) in [7, 11) is 0. The summed E-state index contributed by atoms with van der Waals surface area (Å²) in [6.07, 6.45) is 3.23. The molecule has 0 aliphatic carbocycles. The molecule has 1 heterocycles. The second-order valence-corrected chi connectivity index (χ2v) is 5.68. The molecule has 0 radical (unpaired) electrons. The molecule has 5 heteroatoms. The lowest BCUT2D eigenvalue weighted by atomic mass is 10.2. The van der Waals surface area contributed by atoms with Gasteiger partial charge in [0.15, 0.2) is 0 Å². The van der Waals surface area contributed by atoms with Gasteiger partial charge in [-0.25, -0.2) is 9.67 Å². The van der Waals surface area contributed by atoms with Crippen LogP contribution in [0.15, 0.2) is 59.6 Å². The summed E-state index contributed by atoms with van der Waals surface area (Å²) in [5.41, 5.74) is 4.58. The number of anilines is 1. The van der Waals surface area contributed by atoms with Gasteiger partial charge in [-0.3, -0.25) is 0 Å². The van der Waals surface area contributed by atoms with Crippen LogP contribution in [0.5, 0.6) is 0 Å². The summed E-state index contributed by atoms with van der Waals surface area (Å²) in [6.45, 7) is 2.88. The molecule has 0 atom stereocenters. The van der Waals surface area contributed by atoms with Gasteiger partial charge in [0.05, 0.1) is 5.69 Å². The van der Waals surface area contributed by atoms with Crippen molar-refractivity contribution in [2.24, 2.45) is 0 Å². The molecule has 3 rings (SSSR count). The van der Waals surface area contributed by atoms with Crippen LogP contribution >= 0.6 is 15.9 Å². The predicted molar refractivity (Wildman–Crippen MR) is 87.6 cm³/mol. The minimum absolute atomic E-state index is 0.790. The van der Waals surface area contributed by atoms with Crippen LogP contribution in [0.4, 0.5) is 5.69 Å². The Morgan fingerprint density at radius 3 is 2.62 bits per heavy atom. The summed E-state index contributed by atoms with van der Waals surface area (Å²) in [5.74, 6) is 0. The van der Waals surface area contributed by atoms with Gasteiger partial charge < -0.3 is 5.32 Å². The normalized spacial score (nSPS) is 10.6. The van der Waals surface area contributed by atoms with Gasteiger partial charge >= 0.3 is 0 Å². The van der Waals surface area contributed by atoms with Crippen molar-refractivity contribution in [3.05, 3.63) is 70.7 Å². The lowest BCUT2D eigenvalue weighted by molar-refractivity contribution is 0.877. The molecule has 2 aromatic carbocycles. The van der Waals surface area contributed by atoms with Gasteiger partial charge in [0.1, 0.15) is 12.7 Å². The molecule has 0 spiro atoms. The lowest BCUT2D eigenvalue weighted by Gasteiger charge is -2.09. The molecule has 0 aliphatic heterocycles. The fraction of sp³-hybridized carbons (Fsp3) is 0.125. The molecule has 4 nitrogen and oxygen atoms in total. The number of nitrogens with one attached hydrogen (secondary N) is 1. The molecule has 0 amide bonds. The molecule has 0 fully saturated rings. The maximum Gasteiger partial charge on any atom is 0.138 e. The van der Waals surface area contributed by atoms with E-state index in [9.17, 15) is 0 Å². The van der Waals surface area contributed by atoms with Crippen LogP contribution in [0.2, 0.25) is 0 Å². The van der Waals surface area contributed by atoms with Gasteiger partial charge in [0, 0.05) is 16.7 Å². The van der Waals surface area contributed by atoms with Gasteiger partial charge in [-0.1, -0.05) is 28.1 Å². The fourth-order valence-corrected chi connectivity index (χ4v) is 2.31. The molecule has 0 aliphatic rings. The Morgan fingerprint density at radius 2 is 1.95 bits per heavy atom. The summed E-state index contributed by atoms with van der Waals surface area (Å²) in [4.78, 5) is 3.95. The number of halogens is 1. The molecular weight excluding hydrogens is 328 g/mol. The van der Waals surface area contributed by atoms with Crippen LogP contribution in [0.1, 0.15) is 11.1 Å². The minimum Gasteiger partial charge on any atom is -0.381 e. The molecule has 21 heavy (non-hydrogen) atoms. The number of rotatable bonds is 4. The predicted octanol–water partition coefficient (Wildman–Crippen LogP) is 3.95. The van der Waals surface area contributed by atoms with Gasteiger partial charge in [0.2, 0.25) is 0 Å². The second-order valence-electron chi connectivity index (χ2n) is 4.82. The van der Waals surface area contributed by atoms with E-state index in [1.807, 2.05) is 12.1 Å². The van der Waals surface area contributed by atoms with Crippen molar-refractivity contribution in [2.75, 3.05) is 5.32 Å². The third kappa shape index (κ3) is 3.31. The van der Waals surface area contributed by atoms with Crippen molar-refractivity contribution in [1.29, 1.82) is 0 Å². The Kier molecular flexibility index (Phi) is 4.01. The van der Waals surface area contributed by atoms with E-state index in [1.165, 1.54) is 17.5 Å². The first kappa shape index (κ1) is 13.8. The Balaban J connectivity index is 1.66. The Hall–Kier alpha value is -2.14. The molecule has 0 saturated carbocycles. The average molecular weight is 343 g/mol. The molecular formula is C16H15BrN4. The monoisotopic (exact) mass is 342 g/mol. The SMILES string of the molecule is Cc1cc(NCc2ccc(-n3cncn3)cc2)ccc1Br. The van der Waals surface area contributed by atoms with Crippen molar-refractivity contribution < 1.29 is 0 Å². The molecule has 1 N–H and O–H groups in total. The number of nitrogens with zero attached hydrogens (tertiary/aromatic N) is 3. The molecule has 0 unspecified atom stereocenters. The number of aromatic nitrogens is 3. The summed E-state index contributed by atoms with van der Waals surface area (Å²) >= 11 is 3.51. The van der Waals surface area contributed by atoms with E-state index in [1.54, 1.807) is 11.0 Å². The standard InChI is InChI=1S/C16H15BrN4/c1-12-8-14(4-7-16(12)17)19-9-13-2-5-15(6-3-13)21-11-18-10-20-21/h2-8,10-11,19H,9H2,1H3. The van der Waals surface area contributed by atoms with Gasteiger partial charge in [-0.05, 0) is 48.4 Å². The van der Waals surface area contributed by atoms with Crippen molar-refractivity contribution in [1.82, 2.24) is 14.8 Å². The number of hydrogen-bond acceptors (Lipinski definition) is 3. The van der Waals surface area contributed by atoms with E-state index in [2.05, 4.69) is 68.6 Å². The topological polar surface area (TPSA) is 42.7 Å². The second kappa shape index (κ2) is 6.10. The molecule has 106 valence electrons. The maximum absolute atomic E-state index is 4.11. The summed E-state index contributed by atoms with van der Waals surface area (Å²) in [5, 5.41) is 7.54. The van der Waals surface area contributed by atoms with Gasteiger partial charge in [-0.2, -0.15) is 5.10 Å². The largest absolute Gasteiger partial charge is 0.381 e. The van der Waals surface area contributed by atoms with E-state index in [0.29, 0.717) is 0 Å². The average Bonchev–Trinajstić information content (AvgIpc) is 3.03. The van der Waals surface area contributed by atoms with Crippen LogP contribution in [-0.4, -0.2) is 14.8 Å². The molecule has 0 saturated heterocycles.